The molecule has 0 aliphatic rings. The van der Waals surface area contributed by atoms with E-state index in [1.807, 2.05) is 12.1 Å². The van der Waals surface area contributed by atoms with Crippen LogP contribution in [0.4, 0.5) is 0 Å². The van der Waals surface area contributed by atoms with Gasteiger partial charge in [0.2, 0.25) is 11.8 Å². The minimum absolute atomic E-state index is 0.00636. The summed E-state index contributed by atoms with van der Waals surface area (Å²) < 4.78 is 0. The fourth-order valence-electron chi connectivity index (χ4n) is 1.91. The number of nitrogens with one attached hydrogen (secondary N) is 1. The van der Waals surface area contributed by atoms with E-state index in [4.69, 9.17) is 22.4 Å². The molecule has 0 bridgehead atoms. The van der Waals surface area contributed by atoms with Crippen molar-refractivity contribution in [3.05, 3.63) is 34.9 Å². The van der Waals surface area contributed by atoms with Gasteiger partial charge < -0.3 is 16.2 Å². The summed E-state index contributed by atoms with van der Waals surface area (Å²) in [7, 11) is 0. The first kappa shape index (κ1) is 18.0. The molecule has 1 unspecified atom stereocenters. The molecule has 2 amide bonds. The van der Waals surface area contributed by atoms with Crippen molar-refractivity contribution < 1.29 is 19.5 Å². The number of aliphatic carboxylic acids is 1. The molecule has 1 rings (SSSR count). The molecule has 1 aromatic carbocycles. The van der Waals surface area contributed by atoms with E-state index in [-0.39, 0.29) is 25.2 Å². The Bertz CT molecular complexity index is 531. The highest BCUT2D eigenvalue weighted by Crippen LogP contribution is 2.11. The second-order valence-corrected chi connectivity index (χ2v) is 5.38. The number of hydrogen-bond donors (Lipinski definition) is 3. The van der Waals surface area contributed by atoms with Crippen LogP contribution in [0.5, 0.6) is 0 Å². The summed E-state index contributed by atoms with van der Waals surface area (Å²) >= 11 is 5.78. The van der Waals surface area contributed by atoms with E-state index in [9.17, 15) is 14.4 Å². The normalized spacial score (nSPS) is 11.7. The Morgan fingerprint density at radius 3 is 2.36 bits per heavy atom. The third-order valence-electron chi connectivity index (χ3n) is 3.10. The zero-order valence-electron chi connectivity index (χ0n) is 12.0. The molecule has 0 saturated heterocycles. The molecule has 4 N–H and O–H groups in total. The fraction of sp³-hybridized carbons (Fsp3) is 0.400. The maximum absolute atomic E-state index is 11.7. The van der Waals surface area contributed by atoms with Gasteiger partial charge in [-0.2, -0.15) is 0 Å². The number of rotatable bonds is 9. The van der Waals surface area contributed by atoms with Crippen LogP contribution in [0, 0.1) is 0 Å². The van der Waals surface area contributed by atoms with Crippen LogP contribution >= 0.6 is 11.6 Å². The van der Waals surface area contributed by atoms with Crippen molar-refractivity contribution in [3.8, 4) is 0 Å². The van der Waals surface area contributed by atoms with Gasteiger partial charge in [-0.1, -0.05) is 23.7 Å². The monoisotopic (exact) mass is 326 g/mol. The van der Waals surface area contributed by atoms with E-state index >= 15 is 0 Å². The Morgan fingerprint density at radius 2 is 1.82 bits per heavy atom. The number of carboxylic acid groups (broad SMARTS) is 1. The molecule has 0 aliphatic carbocycles. The number of primary amides is 1. The van der Waals surface area contributed by atoms with Crippen molar-refractivity contribution in [2.45, 2.75) is 38.1 Å². The molecule has 0 radical (unpaired) electrons. The zero-order chi connectivity index (χ0) is 16.5. The smallest absolute Gasteiger partial charge is 0.326 e. The molecule has 1 atom stereocenters. The molecule has 0 spiro atoms. The first-order valence-electron chi connectivity index (χ1n) is 6.93. The van der Waals surface area contributed by atoms with Gasteiger partial charge in [0.15, 0.2) is 0 Å². The van der Waals surface area contributed by atoms with Gasteiger partial charge >= 0.3 is 5.97 Å². The lowest BCUT2D eigenvalue weighted by Crippen LogP contribution is -2.41. The lowest BCUT2D eigenvalue weighted by molar-refractivity contribution is -0.142. The highest BCUT2D eigenvalue weighted by atomic mass is 35.5. The van der Waals surface area contributed by atoms with E-state index in [0.29, 0.717) is 17.9 Å². The Labute approximate surface area is 133 Å². The van der Waals surface area contributed by atoms with Crippen LogP contribution in [0.3, 0.4) is 0 Å². The molecule has 0 aromatic heterocycles. The molecule has 0 fully saturated rings. The average molecular weight is 327 g/mol. The maximum atomic E-state index is 11.7. The number of amides is 2. The molecule has 1 aromatic rings. The first-order chi connectivity index (χ1) is 10.4. The summed E-state index contributed by atoms with van der Waals surface area (Å²) in [4.78, 5) is 33.4. The van der Waals surface area contributed by atoms with Crippen molar-refractivity contribution in [2.75, 3.05) is 0 Å². The Kier molecular flexibility index (Phi) is 7.39. The van der Waals surface area contributed by atoms with E-state index < -0.39 is 17.9 Å². The average Bonchev–Trinajstić information content (AvgIpc) is 2.45. The van der Waals surface area contributed by atoms with Gasteiger partial charge in [0, 0.05) is 17.9 Å². The zero-order valence-corrected chi connectivity index (χ0v) is 12.8. The summed E-state index contributed by atoms with van der Waals surface area (Å²) in [6, 6.07) is 6.23. The molecule has 0 aliphatic heterocycles. The van der Waals surface area contributed by atoms with Gasteiger partial charge in [0.1, 0.15) is 6.04 Å². The van der Waals surface area contributed by atoms with Gasteiger partial charge in [-0.15, -0.1) is 0 Å². The lowest BCUT2D eigenvalue weighted by atomic mass is 10.1. The van der Waals surface area contributed by atoms with Crippen LogP contribution in [0.1, 0.15) is 31.2 Å². The quantitative estimate of drug-likeness (QED) is 0.638. The third-order valence-corrected chi connectivity index (χ3v) is 3.35. The number of nitrogens with two attached hydrogens (primary N) is 1. The molecular weight excluding hydrogens is 308 g/mol. The summed E-state index contributed by atoms with van der Waals surface area (Å²) in [5.74, 6) is -2.12. The lowest BCUT2D eigenvalue weighted by Gasteiger charge is -2.13. The van der Waals surface area contributed by atoms with Gasteiger partial charge in [0.25, 0.3) is 0 Å². The van der Waals surface area contributed by atoms with Gasteiger partial charge in [0.05, 0.1) is 0 Å². The summed E-state index contributed by atoms with van der Waals surface area (Å²) in [6.45, 7) is 0. The number of benzene rings is 1. The van der Waals surface area contributed by atoms with Crippen LogP contribution < -0.4 is 11.1 Å². The SMILES string of the molecule is NC(=O)CCC(NC(=O)CCCc1ccc(Cl)cc1)C(=O)O. The largest absolute Gasteiger partial charge is 0.480 e. The minimum Gasteiger partial charge on any atom is -0.480 e. The van der Waals surface area contributed by atoms with E-state index in [0.717, 1.165) is 5.56 Å². The molecule has 22 heavy (non-hydrogen) atoms. The first-order valence-corrected chi connectivity index (χ1v) is 7.31. The molecule has 7 heteroatoms. The molecule has 0 saturated carbocycles. The van der Waals surface area contributed by atoms with E-state index in [1.165, 1.54) is 0 Å². The van der Waals surface area contributed by atoms with Crippen molar-refractivity contribution in [1.29, 1.82) is 0 Å². The highest BCUT2D eigenvalue weighted by molar-refractivity contribution is 6.30. The van der Waals surface area contributed by atoms with E-state index in [1.54, 1.807) is 12.1 Å². The van der Waals surface area contributed by atoms with Crippen LogP contribution in [0.25, 0.3) is 0 Å². The molecular formula is C15H19ClN2O4. The predicted molar refractivity (Wildman–Crippen MR) is 82.4 cm³/mol. The summed E-state index contributed by atoms with van der Waals surface area (Å²) in [5, 5.41) is 12.0. The Hall–Kier alpha value is -2.08. The second kappa shape index (κ2) is 9.04. The Balaban J connectivity index is 2.35. The molecule has 0 heterocycles. The van der Waals surface area contributed by atoms with Crippen LogP contribution in [-0.2, 0) is 20.8 Å². The van der Waals surface area contributed by atoms with Crippen molar-refractivity contribution in [1.82, 2.24) is 5.32 Å². The van der Waals surface area contributed by atoms with Crippen molar-refractivity contribution in [2.24, 2.45) is 5.73 Å². The molecule has 6 nitrogen and oxygen atoms in total. The predicted octanol–water partition coefficient (Wildman–Crippen LogP) is 1.50. The van der Waals surface area contributed by atoms with Crippen LogP contribution in [0.15, 0.2) is 24.3 Å². The standard InChI is InChI=1S/C15H19ClN2O4/c16-11-6-4-10(5-7-11)2-1-3-14(20)18-12(15(21)22)8-9-13(17)19/h4-7,12H,1-3,8-9H2,(H2,17,19)(H,18,20)(H,21,22). The Morgan fingerprint density at radius 1 is 1.18 bits per heavy atom. The highest BCUT2D eigenvalue weighted by Gasteiger charge is 2.20. The minimum atomic E-state index is -1.17. The fourth-order valence-corrected chi connectivity index (χ4v) is 2.04. The summed E-state index contributed by atoms with van der Waals surface area (Å²) in [6.07, 6.45) is 1.41. The van der Waals surface area contributed by atoms with Gasteiger partial charge in [-0.05, 0) is 37.0 Å². The van der Waals surface area contributed by atoms with Crippen LogP contribution in [0.2, 0.25) is 5.02 Å². The van der Waals surface area contributed by atoms with E-state index in [2.05, 4.69) is 5.32 Å². The summed E-state index contributed by atoms with van der Waals surface area (Å²) in [5.41, 5.74) is 6.03. The number of carboxylic acids is 1. The third kappa shape index (κ3) is 7.08. The van der Waals surface area contributed by atoms with Crippen molar-refractivity contribution >= 4 is 29.4 Å². The number of aryl methyl sites for hydroxylation is 1. The van der Waals surface area contributed by atoms with Crippen LogP contribution in [-0.4, -0.2) is 28.9 Å². The maximum Gasteiger partial charge on any atom is 0.326 e. The number of carbonyl (C=O) groups is 3. The topological polar surface area (TPSA) is 109 Å². The van der Waals surface area contributed by atoms with Gasteiger partial charge in [-0.3, -0.25) is 9.59 Å². The van der Waals surface area contributed by atoms with Gasteiger partial charge in [-0.25, -0.2) is 4.79 Å². The number of halogens is 1. The van der Waals surface area contributed by atoms with Crippen molar-refractivity contribution in [3.63, 3.8) is 0 Å². The number of carbonyl (C=O) groups excluding carboxylic acids is 2. The second-order valence-electron chi connectivity index (χ2n) is 4.94. The molecule has 120 valence electrons. The number of hydrogen-bond acceptors (Lipinski definition) is 3.